The molecule has 0 saturated carbocycles. The van der Waals surface area contributed by atoms with E-state index in [9.17, 15) is 4.79 Å². The zero-order chi connectivity index (χ0) is 14.6. The summed E-state index contributed by atoms with van der Waals surface area (Å²) < 4.78 is 2.05. The molecule has 0 bridgehead atoms. The van der Waals surface area contributed by atoms with Crippen molar-refractivity contribution in [1.82, 2.24) is 14.7 Å². The van der Waals surface area contributed by atoms with Crippen molar-refractivity contribution >= 4 is 5.91 Å². The van der Waals surface area contributed by atoms with Gasteiger partial charge in [-0.15, -0.1) is 0 Å². The van der Waals surface area contributed by atoms with Gasteiger partial charge in [-0.1, -0.05) is 27.4 Å². The quantitative estimate of drug-likeness (QED) is 0.769. The zero-order valence-electron chi connectivity index (χ0n) is 12.7. The van der Waals surface area contributed by atoms with Gasteiger partial charge in [0.25, 0.3) is 0 Å². The van der Waals surface area contributed by atoms with Crippen molar-refractivity contribution in [2.45, 2.75) is 53.1 Å². The molecule has 0 aliphatic carbocycles. The highest BCUT2D eigenvalue weighted by Gasteiger charge is 2.31. The third-order valence-electron chi connectivity index (χ3n) is 3.41. The lowest BCUT2D eigenvalue weighted by Gasteiger charge is -2.36. The molecule has 2 unspecified atom stereocenters. The molecule has 0 fully saturated rings. The van der Waals surface area contributed by atoms with Crippen molar-refractivity contribution in [1.29, 1.82) is 0 Å². The summed E-state index contributed by atoms with van der Waals surface area (Å²) in [6.07, 6.45) is 2.31. The number of rotatable bonds is 2. The molecule has 1 aliphatic rings. The van der Waals surface area contributed by atoms with E-state index in [-0.39, 0.29) is 18.0 Å². The highest BCUT2D eigenvalue weighted by atomic mass is 16.2. The molecule has 4 heteroatoms. The maximum atomic E-state index is 11.8. The minimum atomic E-state index is -0.00477. The highest BCUT2D eigenvalue weighted by molar-refractivity contribution is 5.87. The summed E-state index contributed by atoms with van der Waals surface area (Å²) in [6, 6.07) is 2.40. The van der Waals surface area contributed by atoms with Crippen LogP contribution in [0.2, 0.25) is 0 Å². The van der Waals surface area contributed by atoms with Crippen molar-refractivity contribution < 1.29 is 4.79 Å². The van der Waals surface area contributed by atoms with Gasteiger partial charge in [0.05, 0.1) is 23.5 Å². The Labute approximate surface area is 116 Å². The predicted octanol–water partition coefficient (Wildman–Crippen LogP) is 3.12. The van der Waals surface area contributed by atoms with Gasteiger partial charge in [-0.3, -0.25) is 9.48 Å². The van der Waals surface area contributed by atoms with E-state index in [1.165, 1.54) is 6.08 Å². The first-order valence-electron chi connectivity index (χ1n) is 7.09. The van der Waals surface area contributed by atoms with Gasteiger partial charge in [-0.2, -0.15) is 5.10 Å². The largest absolute Gasteiger partial charge is 0.329 e. The third-order valence-corrected chi connectivity index (χ3v) is 3.41. The lowest BCUT2D eigenvalue weighted by Crippen LogP contribution is -2.42. The molecule has 0 spiro atoms. The van der Waals surface area contributed by atoms with Crippen molar-refractivity contribution in [3.05, 3.63) is 30.1 Å². The molecule has 106 valence electrons. The monoisotopic (exact) mass is 263 g/mol. The van der Waals surface area contributed by atoms with E-state index in [1.807, 2.05) is 25.7 Å². The van der Waals surface area contributed by atoms with Crippen LogP contribution in [0, 0.1) is 0 Å². The molecule has 1 amide bonds. The first-order chi connectivity index (χ1) is 9.08. The Balaban J connectivity index is 0.000000861. The second kappa shape index (κ2) is 6.55. The van der Waals surface area contributed by atoms with Gasteiger partial charge in [0.1, 0.15) is 0 Å². The minimum absolute atomic E-state index is 0.00477. The van der Waals surface area contributed by atoms with Crippen molar-refractivity contribution in [2.75, 3.05) is 6.54 Å². The molecule has 0 radical (unpaired) electrons. The molecule has 2 heterocycles. The molecule has 0 N–H and O–H groups in total. The van der Waals surface area contributed by atoms with Crippen molar-refractivity contribution in [2.24, 2.45) is 0 Å². The van der Waals surface area contributed by atoms with Crippen molar-refractivity contribution in [3.8, 4) is 0 Å². The molecule has 0 saturated heterocycles. The van der Waals surface area contributed by atoms with Crippen LogP contribution >= 0.6 is 0 Å². The molecule has 4 nitrogen and oxygen atoms in total. The van der Waals surface area contributed by atoms with Gasteiger partial charge < -0.3 is 4.90 Å². The minimum Gasteiger partial charge on any atom is -0.329 e. The summed E-state index contributed by atoms with van der Waals surface area (Å²) in [4.78, 5) is 13.6. The number of nitrogens with zero attached hydrogens (tertiary/aromatic N) is 3. The van der Waals surface area contributed by atoms with E-state index < -0.39 is 0 Å². The smallest absolute Gasteiger partial charge is 0.246 e. The average molecular weight is 263 g/mol. The van der Waals surface area contributed by atoms with E-state index in [1.54, 1.807) is 0 Å². The summed E-state index contributed by atoms with van der Waals surface area (Å²) in [5.41, 5.74) is 2.21. The SMILES string of the molecule is C=CC(=O)N1CC(C)n2nc(CC)cc2C1C.CC. The van der Waals surface area contributed by atoms with Crippen LogP contribution in [0.1, 0.15) is 58.1 Å². The van der Waals surface area contributed by atoms with Crippen LogP contribution < -0.4 is 0 Å². The van der Waals surface area contributed by atoms with Crippen molar-refractivity contribution in [3.63, 3.8) is 0 Å². The van der Waals surface area contributed by atoms with E-state index >= 15 is 0 Å². The van der Waals surface area contributed by atoms with Crippen LogP contribution in [0.15, 0.2) is 18.7 Å². The van der Waals surface area contributed by atoms with Gasteiger partial charge >= 0.3 is 0 Å². The second-order valence-corrected chi connectivity index (χ2v) is 4.58. The fraction of sp³-hybridized carbons (Fsp3) is 0.600. The Morgan fingerprint density at radius 2 is 2.16 bits per heavy atom. The Kier molecular flexibility index (Phi) is 5.33. The molecule has 1 aliphatic heterocycles. The van der Waals surface area contributed by atoms with Crippen LogP contribution in [0.3, 0.4) is 0 Å². The lowest BCUT2D eigenvalue weighted by molar-refractivity contribution is -0.129. The molecule has 1 aromatic heterocycles. The summed E-state index contributed by atoms with van der Waals surface area (Å²) in [7, 11) is 0. The average Bonchev–Trinajstić information content (AvgIpc) is 2.89. The fourth-order valence-electron chi connectivity index (χ4n) is 2.38. The van der Waals surface area contributed by atoms with Crippen LogP contribution in [-0.2, 0) is 11.2 Å². The lowest BCUT2D eigenvalue weighted by atomic mass is 10.1. The molecule has 2 rings (SSSR count). The molecule has 2 atom stereocenters. The standard InChI is InChI=1S/C13H19N3O.C2H6/c1-5-11-7-12-10(4)15(13(17)6-2)8-9(3)16(12)14-11;1-2/h6-7,9-10H,2,5,8H2,1,3-4H3;1-2H3. The van der Waals surface area contributed by atoms with E-state index in [0.29, 0.717) is 6.54 Å². The molecule has 1 aromatic rings. The Morgan fingerprint density at radius 1 is 1.53 bits per heavy atom. The fourth-order valence-corrected chi connectivity index (χ4v) is 2.38. The molecular weight excluding hydrogens is 238 g/mol. The van der Waals surface area contributed by atoms with Crippen LogP contribution in [0.4, 0.5) is 0 Å². The molecule has 19 heavy (non-hydrogen) atoms. The number of aryl methyl sites for hydroxylation is 1. The molecule has 0 aromatic carbocycles. The van der Waals surface area contributed by atoms with Gasteiger partial charge in [0.2, 0.25) is 5.91 Å². The topological polar surface area (TPSA) is 38.1 Å². The Hall–Kier alpha value is -1.58. The van der Waals surface area contributed by atoms with Gasteiger partial charge in [0.15, 0.2) is 0 Å². The molecular formula is C15H25N3O. The van der Waals surface area contributed by atoms with E-state index in [4.69, 9.17) is 0 Å². The van der Waals surface area contributed by atoms with Crippen LogP contribution in [0.5, 0.6) is 0 Å². The Bertz CT molecular complexity index is 450. The highest BCUT2D eigenvalue weighted by Crippen LogP contribution is 2.30. The third kappa shape index (κ3) is 2.88. The number of hydrogen-bond donors (Lipinski definition) is 0. The summed E-state index contributed by atoms with van der Waals surface area (Å²) >= 11 is 0. The van der Waals surface area contributed by atoms with Gasteiger partial charge in [0, 0.05) is 6.54 Å². The van der Waals surface area contributed by atoms with Gasteiger partial charge in [-0.05, 0) is 32.4 Å². The van der Waals surface area contributed by atoms with Crippen LogP contribution in [0.25, 0.3) is 0 Å². The summed E-state index contributed by atoms with van der Waals surface area (Å²) in [5, 5.41) is 4.57. The summed E-state index contributed by atoms with van der Waals surface area (Å²) in [5.74, 6) is -0.00477. The van der Waals surface area contributed by atoms with Crippen LogP contribution in [-0.4, -0.2) is 27.1 Å². The number of aromatic nitrogens is 2. The van der Waals surface area contributed by atoms with E-state index in [2.05, 4.69) is 36.3 Å². The summed E-state index contributed by atoms with van der Waals surface area (Å²) in [6.45, 7) is 14.5. The maximum absolute atomic E-state index is 11.8. The second-order valence-electron chi connectivity index (χ2n) is 4.58. The number of amides is 1. The maximum Gasteiger partial charge on any atom is 0.246 e. The first-order valence-corrected chi connectivity index (χ1v) is 7.09. The normalized spacial score (nSPS) is 21.2. The van der Waals surface area contributed by atoms with E-state index in [0.717, 1.165) is 17.8 Å². The number of fused-ring (bicyclic) bond motifs is 1. The zero-order valence-corrected chi connectivity index (χ0v) is 12.7. The first kappa shape index (κ1) is 15.5. The number of carbonyl (C=O) groups excluding carboxylic acids is 1. The number of carbonyl (C=O) groups is 1. The Morgan fingerprint density at radius 3 is 2.68 bits per heavy atom. The number of hydrogen-bond acceptors (Lipinski definition) is 2. The van der Waals surface area contributed by atoms with Gasteiger partial charge in [-0.25, -0.2) is 0 Å². The predicted molar refractivity (Wildman–Crippen MR) is 78.0 cm³/mol.